The van der Waals surface area contributed by atoms with Gasteiger partial charge in [0.15, 0.2) is 5.76 Å². The fourth-order valence-electron chi connectivity index (χ4n) is 9.51. The number of benzene rings is 2. The SMILES string of the molecule is CC(=O)OC(=C(OC(F)(F)F)C(=O)Nc1ccc2c3c1O[C@H]1CCC[C@H]4[C@@H](C2)[N+](CC(C)C)(CC2CC2)CC[C@]314)c1ccccc1. The molecule has 2 saturated carbocycles. The Labute approximate surface area is 267 Å². The molecule has 5 atom stereocenters. The highest BCUT2D eigenvalue weighted by atomic mass is 19.4. The van der Waals surface area contributed by atoms with Crippen LogP contribution in [0.15, 0.2) is 48.2 Å². The molecule has 46 heavy (non-hydrogen) atoms. The van der Waals surface area contributed by atoms with Gasteiger partial charge in [0.25, 0.3) is 5.91 Å². The van der Waals surface area contributed by atoms with E-state index in [0.717, 1.165) is 57.1 Å². The van der Waals surface area contributed by atoms with Crippen LogP contribution in [0.4, 0.5) is 18.9 Å². The Morgan fingerprint density at radius 3 is 2.52 bits per heavy atom. The molecule has 7 nitrogen and oxygen atoms in total. The number of esters is 1. The minimum Gasteiger partial charge on any atom is -0.487 e. The fourth-order valence-corrected chi connectivity index (χ4v) is 9.51. The molecular weight excluding hydrogens is 597 g/mol. The molecule has 246 valence electrons. The van der Waals surface area contributed by atoms with Crippen molar-refractivity contribution < 1.29 is 41.5 Å². The molecule has 0 radical (unpaired) electrons. The summed E-state index contributed by atoms with van der Waals surface area (Å²) in [4.78, 5) is 25.7. The van der Waals surface area contributed by atoms with Gasteiger partial charge in [-0.3, -0.25) is 9.59 Å². The van der Waals surface area contributed by atoms with Gasteiger partial charge in [0.2, 0.25) is 5.76 Å². The molecule has 3 fully saturated rings. The smallest absolute Gasteiger partial charge is 0.487 e. The lowest BCUT2D eigenvalue weighted by atomic mass is 9.51. The quantitative estimate of drug-likeness (QED) is 0.137. The molecule has 1 amide bonds. The topological polar surface area (TPSA) is 73.9 Å². The zero-order valence-corrected chi connectivity index (χ0v) is 26.6. The van der Waals surface area contributed by atoms with Crippen LogP contribution in [0.1, 0.15) is 76.0 Å². The van der Waals surface area contributed by atoms with Crippen molar-refractivity contribution in [2.45, 2.75) is 89.6 Å². The fraction of sp³-hybridized carbons (Fsp3) is 0.556. The molecule has 2 aliphatic heterocycles. The van der Waals surface area contributed by atoms with Crippen LogP contribution in [0.2, 0.25) is 0 Å². The molecule has 1 unspecified atom stereocenters. The summed E-state index contributed by atoms with van der Waals surface area (Å²) in [6.45, 7) is 9.24. The summed E-state index contributed by atoms with van der Waals surface area (Å²) in [5, 5.41) is 2.67. The number of piperidine rings is 1. The van der Waals surface area contributed by atoms with Crippen LogP contribution >= 0.6 is 0 Å². The first-order valence-electron chi connectivity index (χ1n) is 16.6. The maximum atomic E-state index is 13.7. The van der Waals surface area contributed by atoms with Crippen molar-refractivity contribution in [3.05, 3.63) is 64.9 Å². The lowest BCUT2D eigenvalue weighted by Gasteiger charge is -2.62. The number of amides is 1. The average Bonchev–Trinajstić information content (AvgIpc) is 3.74. The van der Waals surface area contributed by atoms with Crippen molar-refractivity contribution in [1.82, 2.24) is 0 Å². The summed E-state index contributed by atoms with van der Waals surface area (Å²) < 4.78 is 58.5. The molecule has 1 N–H and O–H groups in total. The maximum Gasteiger partial charge on any atom is 0.573 e. The van der Waals surface area contributed by atoms with Gasteiger partial charge in [-0.2, -0.15) is 0 Å². The Bertz CT molecular complexity index is 1560. The highest BCUT2D eigenvalue weighted by molar-refractivity contribution is 6.08. The summed E-state index contributed by atoms with van der Waals surface area (Å²) in [6, 6.07) is 12.0. The first-order valence-corrected chi connectivity index (χ1v) is 16.6. The van der Waals surface area contributed by atoms with E-state index in [1.165, 1.54) is 48.1 Å². The lowest BCUT2D eigenvalue weighted by Crippen LogP contribution is -2.72. The Kier molecular flexibility index (Phi) is 7.65. The van der Waals surface area contributed by atoms with Gasteiger partial charge in [0.1, 0.15) is 11.9 Å². The van der Waals surface area contributed by atoms with E-state index in [9.17, 15) is 22.8 Å². The number of carbonyl (C=O) groups excluding carboxylic acids is 2. The van der Waals surface area contributed by atoms with Crippen molar-refractivity contribution in [3.63, 3.8) is 0 Å². The standard InChI is InChI=1S/C36H41F3N2O5/c1-21(2)19-41(20-23-12-13-23)17-16-35-26-10-7-11-29(35)45-32-27(15-14-25(30(32)35)18-28(26)41)40-34(43)33(46-36(37,38)39)31(44-22(3)42)24-8-5-4-6-9-24/h4-6,8-9,14-15,21,23,26,28-29H,7,10-13,16-20H2,1-3H3/p+1/t26-,28+,29-,35+,41?/m0/s1. The van der Waals surface area contributed by atoms with Gasteiger partial charge in [-0.05, 0) is 43.7 Å². The molecule has 2 aromatic carbocycles. The Balaban J connectivity index is 1.29. The van der Waals surface area contributed by atoms with Crippen LogP contribution < -0.4 is 10.1 Å². The third-order valence-corrected chi connectivity index (χ3v) is 11.0. The molecule has 2 bridgehead atoms. The number of nitrogens with one attached hydrogen (secondary N) is 1. The average molecular weight is 640 g/mol. The molecule has 1 saturated heterocycles. The second-order valence-electron chi connectivity index (χ2n) is 14.4. The molecule has 3 aliphatic carbocycles. The van der Waals surface area contributed by atoms with Crippen LogP contribution in [0.25, 0.3) is 5.76 Å². The third kappa shape index (κ3) is 5.36. The summed E-state index contributed by atoms with van der Waals surface area (Å²) >= 11 is 0. The van der Waals surface area contributed by atoms with Crippen molar-refractivity contribution in [3.8, 4) is 5.75 Å². The minimum absolute atomic E-state index is 0.0367. The first-order chi connectivity index (χ1) is 21.9. The molecule has 0 aromatic heterocycles. The van der Waals surface area contributed by atoms with E-state index in [4.69, 9.17) is 9.47 Å². The number of anilines is 1. The predicted molar refractivity (Wildman–Crippen MR) is 165 cm³/mol. The molecule has 10 heteroatoms. The van der Waals surface area contributed by atoms with Crippen molar-refractivity contribution in [2.24, 2.45) is 17.8 Å². The van der Waals surface area contributed by atoms with E-state index in [2.05, 4.69) is 23.9 Å². The second kappa shape index (κ2) is 11.3. The summed E-state index contributed by atoms with van der Waals surface area (Å²) in [5.41, 5.74) is 2.59. The highest BCUT2D eigenvalue weighted by Gasteiger charge is 2.68. The molecule has 7 rings (SSSR count). The van der Waals surface area contributed by atoms with Crippen LogP contribution in [0, 0.1) is 17.8 Å². The zero-order chi connectivity index (χ0) is 32.4. The summed E-state index contributed by atoms with van der Waals surface area (Å²) in [7, 11) is 0. The molecular formula is C36H42F3N2O5+. The minimum atomic E-state index is -5.21. The van der Waals surface area contributed by atoms with Gasteiger partial charge in [-0.25, -0.2) is 0 Å². The monoisotopic (exact) mass is 639 g/mol. The van der Waals surface area contributed by atoms with Gasteiger partial charge in [0, 0.05) is 48.6 Å². The van der Waals surface area contributed by atoms with Crippen molar-refractivity contribution in [2.75, 3.05) is 25.0 Å². The number of hydrogen-bond donors (Lipinski definition) is 1. The van der Waals surface area contributed by atoms with E-state index in [1.54, 1.807) is 24.3 Å². The molecule has 2 aromatic rings. The lowest BCUT2D eigenvalue weighted by molar-refractivity contribution is -0.966. The largest absolute Gasteiger partial charge is 0.573 e. The number of carbonyl (C=O) groups is 2. The number of hydrogen-bond acceptors (Lipinski definition) is 5. The van der Waals surface area contributed by atoms with Crippen LogP contribution in [-0.2, 0) is 30.9 Å². The second-order valence-corrected chi connectivity index (χ2v) is 14.4. The van der Waals surface area contributed by atoms with Crippen molar-refractivity contribution >= 4 is 23.3 Å². The van der Waals surface area contributed by atoms with E-state index in [-0.39, 0.29) is 17.1 Å². The predicted octanol–water partition coefficient (Wildman–Crippen LogP) is 7.10. The first kappa shape index (κ1) is 31.1. The van der Waals surface area contributed by atoms with E-state index in [1.807, 2.05) is 6.07 Å². The molecule has 2 heterocycles. The van der Waals surface area contributed by atoms with Gasteiger partial charge < -0.3 is 24.0 Å². The number of quaternary nitrogens is 1. The van der Waals surface area contributed by atoms with Crippen LogP contribution in [0.3, 0.4) is 0 Å². The number of rotatable bonds is 9. The van der Waals surface area contributed by atoms with E-state index < -0.39 is 29.8 Å². The number of halogens is 3. The zero-order valence-electron chi connectivity index (χ0n) is 26.6. The summed E-state index contributed by atoms with van der Waals surface area (Å²) in [5.74, 6) is -1.42. The van der Waals surface area contributed by atoms with Gasteiger partial charge in [-0.1, -0.05) is 50.2 Å². The van der Waals surface area contributed by atoms with Crippen LogP contribution in [-0.4, -0.2) is 54.5 Å². The summed E-state index contributed by atoms with van der Waals surface area (Å²) in [6.07, 6.45) is 2.46. The Morgan fingerprint density at radius 1 is 1.09 bits per heavy atom. The Hall–Kier alpha value is -3.53. The number of ether oxygens (including phenoxy) is 3. The number of alkyl halides is 3. The number of likely N-dealkylation sites (tertiary alicyclic amines) is 1. The van der Waals surface area contributed by atoms with Crippen molar-refractivity contribution in [1.29, 1.82) is 0 Å². The normalized spacial score (nSPS) is 29.8. The number of nitrogens with zero attached hydrogens (tertiary/aromatic N) is 1. The maximum absolute atomic E-state index is 13.7. The van der Waals surface area contributed by atoms with Gasteiger partial charge in [-0.15, -0.1) is 13.2 Å². The highest BCUT2D eigenvalue weighted by Crippen LogP contribution is 2.65. The molecule has 5 aliphatic rings. The Morgan fingerprint density at radius 2 is 1.85 bits per heavy atom. The third-order valence-electron chi connectivity index (χ3n) is 11.0. The van der Waals surface area contributed by atoms with E-state index in [0.29, 0.717) is 29.3 Å². The van der Waals surface area contributed by atoms with E-state index >= 15 is 0 Å². The van der Waals surface area contributed by atoms with Gasteiger partial charge >= 0.3 is 12.3 Å². The van der Waals surface area contributed by atoms with Gasteiger partial charge in [0.05, 0.1) is 36.8 Å². The van der Waals surface area contributed by atoms with Crippen LogP contribution in [0.5, 0.6) is 5.75 Å². The molecule has 1 spiro atoms.